The fourth-order valence-corrected chi connectivity index (χ4v) is 17.8. The van der Waals surface area contributed by atoms with Crippen LogP contribution in [0.1, 0.15) is 97.1 Å². The van der Waals surface area contributed by atoms with Crippen molar-refractivity contribution in [2.75, 3.05) is 9.80 Å². The van der Waals surface area contributed by atoms with E-state index in [1.165, 1.54) is 111 Å². The Morgan fingerprint density at radius 1 is 0.422 bits per heavy atom. The highest BCUT2D eigenvalue weighted by atomic mass is 16.5. The highest BCUT2D eigenvalue weighted by Crippen LogP contribution is 2.57. The van der Waals surface area contributed by atoms with Gasteiger partial charge in [-0.1, -0.05) is 279 Å². The fraction of sp³-hybridized carbons (Fsp3) is 0.113. The molecule has 0 saturated heterocycles. The molecule has 5 heteroatoms. The molecule has 0 radical (unpaired) electrons. The van der Waals surface area contributed by atoms with Crippen molar-refractivity contribution in [3.05, 3.63) is 377 Å². The van der Waals surface area contributed by atoms with E-state index in [9.17, 15) is 0 Å². The molecule has 0 saturated carbocycles. The lowest BCUT2D eigenvalue weighted by Gasteiger charge is -2.47. The lowest BCUT2D eigenvalue weighted by Crippen LogP contribution is -2.62. The third-order valence-corrected chi connectivity index (χ3v) is 22.6. The Kier molecular flexibility index (Phi) is 14.8. The van der Waals surface area contributed by atoms with Crippen molar-refractivity contribution in [3.8, 4) is 44.9 Å². The highest BCUT2D eigenvalue weighted by molar-refractivity contribution is 7.00. The molecule has 1 atom stereocenters. The molecule has 0 N–H and O–H groups in total. The number of rotatable bonds is 11. The molecule has 8 aliphatic rings. The van der Waals surface area contributed by atoms with Crippen LogP contribution in [0.2, 0.25) is 0 Å². The van der Waals surface area contributed by atoms with E-state index in [2.05, 4.69) is 325 Å². The summed E-state index contributed by atoms with van der Waals surface area (Å²) in [5.41, 5.74) is 35.7. The summed E-state index contributed by atoms with van der Waals surface area (Å²) in [4.78, 5) is 5.46. The summed E-state index contributed by atoms with van der Waals surface area (Å²) in [6, 6.07) is 91.2. The number of nitrogens with zero attached hydrogens (tertiary/aromatic N) is 2. The van der Waals surface area contributed by atoms with Gasteiger partial charge in [-0.2, -0.15) is 0 Å². The maximum Gasteiger partial charge on any atom is 0.252 e. The summed E-state index contributed by atoms with van der Waals surface area (Å²) >= 11 is 0. The normalized spacial score (nSPS) is 17.1. The first-order valence-electron chi connectivity index (χ1n) is 36.7. The molecule has 486 valence electrons. The first kappa shape index (κ1) is 60.1. The lowest BCUT2D eigenvalue weighted by atomic mass is 9.33. The largest absolute Gasteiger partial charge is 0.455 e. The van der Waals surface area contributed by atoms with Gasteiger partial charge in [-0.15, -0.1) is 0 Å². The average molecular weight is 1310 g/mol. The second-order valence-electron chi connectivity index (χ2n) is 28.5. The van der Waals surface area contributed by atoms with Crippen LogP contribution in [0.15, 0.2) is 348 Å². The topological polar surface area (TPSA) is 28.9 Å². The standard InChI is InChI=1S/C97H73BN2O2/c1-6-26-63(27-7-1)68-37-20-41-72(56-68)79-46-24-47-80(73-42-21-38-69(57-73)64-28-8-2-9-29-64)92(79)99-87-61-78(67-34-14-5-15-35-67)62-88-91(87)98(85-54-52-77-60-76-36-16-18-50-89(76)101-96(77)94(85)99)86-55-53-84-83-45-17-19-51-90(83)102-97(84)95(86)100(88)93-81(74-43-22-39-70(58-74)65-30-10-3-11-31-65)48-25-49-82(93)75-44-23-40-71(59-75)66-32-12-4-13-33-66/h1-6,8,10-20,22-24,26,28,30-41,43-48,50-58,61-62,71H,7,9,21,25,27,29,42,49,59-60H2. The predicted molar refractivity (Wildman–Crippen MR) is 427 cm³/mol. The highest BCUT2D eigenvalue weighted by Gasteiger charge is 2.49. The predicted octanol–water partition coefficient (Wildman–Crippen LogP) is 23.9. The third-order valence-electron chi connectivity index (χ3n) is 22.6. The Morgan fingerprint density at radius 3 is 1.89 bits per heavy atom. The molecule has 0 fully saturated rings. The van der Waals surface area contributed by atoms with Gasteiger partial charge in [-0.3, -0.25) is 0 Å². The van der Waals surface area contributed by atoms with E-state index in [0.717, 1.165) is 143 Å². The van der Waals surface area contributed by atoms with E-state index in [1.54, 1.807) is 0 Å². The van der Waals surface area contributed by atoms with Crippen LogP contribution in [-0.2, 0) is 6.42 Å². The monoisotopic (exact) mass is 1310 g/mol. The van der Waals surface area contributed by atoms with Crippen LogP contribution < -0.4 is 30.9 Å². The number of allylic oxidation sites excluding steroid dienone is 19. The summed E-state index contributed by atoms with van der Waals surface area (Å²) < 4.78 is 15.3. The van der Waals surface area contributed by atoms with Gasteiger partial charge < -0.3 is 19.0 Å². The Labute approximate surface area is 597 Å². The third kappa shape index (κ3) is 10.2. The van der Waals surface area contributed by atoms with Crippen LogP contribution in [0, 0.1) is 0 Å². The van der Waals surface area contributed by atoms with Gasteiger partial charge in [0.1, 0.15) is 11.3 Å². The van der Waals surface area contributed by atoms with Crippen molar-refractivity contribution in [1.29, 1.82) is 0 Å². The van der Waals surface area contributed by atoms with Crippen LogP contribution in [0.3, 0.4) is 0 Å². The van der Waals surface area contributed by atoms with Gasteiger partial charge in [0.2, 0.25) is 0 Å². The number of fused-ring (bicyclic) bond motifs is 11. The second-order valence-corrected chi connectivity index (χ2v) is 28.5. The molecule has 0 spiro atoms. The minimum atomic E-state index is -0.290. The average Bonchev–Trinajstić information content (AvgIpc) is 0.925. The van der Waals surface area contributed by atoms with Crippen LogP contribution in [0.4, 0.5) is 28.4 Å². The number of ether oxygens (including phenoxy) is 1. The molecular weight excluding hydrogens is 1240 g/mol. The van der Waals surface area contributed by atoms with Gasteiger partial charge in [0, 0.05) is 56.7 Å². The Balaban J connectivity index is 0.931. The summed E-state index contributed by atoms with van der Waals surface area (Å²) in [6.07, 6.45) is 37.7. The van der Waals surface area contributed by atoms with Gasteiger partial charge in [0.25, 0.3) is 6.71 Å². The van der Waals surface area contributed by atoms with Crippen molar-refractivity contribution < 1.29 is 9.15 Å². The number of hydrogen-bond acceptors (Lipinski definition) is 4. The Hall–Kier alpha value is -11.9. The van der Waals surface area contributed by atoms with Crippen molar-refractivity contribution in [2.45, 2.75) is 70.1 Å². The molecule has 1 unspecified atom stereocenters. The van der Waals surface area contributed by atoms with Gasteiger partial charge in [0.15, 0.2) is 11.3 Å². The first-order chi connectivity index (χ1) is 50.6. The molecule has 0 amide bonds. The Bertz CT molecular complexity index is 5810. The van der Waals surface area contributed by atoms with Gasteiger partial charge in [0.05, 0.1) is 22.8 Å². The minimum absolute atomic E-state index is 0.198. The van der Waals surface area contributed by atoms with E-state index in [-0.39, 0.29) is 12.6 Å². The summed E-state index contributed by atoms with van der Waals surface area (Å²) in [5.74, 6) is 1.99. The van der Waals surface area contributed by atoms with Crippen molar-refractivity contribution in [1.82, 2.24) is 0 Å². The van der Waals surface area contributed by atoms with Crippen LogP contribution in [-0.4, -0.2) is 6.71 Å². The molecule has 12 aromatic rings. The number of furan rings is 1. The summed E-state index contributed by atoms with van der Waals surface area (Å²) in [7, 11) is 0. The molecule has 5 aliphatic carbocycles. The van der Waals surface area contributed by atoms with Crippen molar-refractivity contribution in [3.63, 3.8) is 0 Å². The van der Waals surface area contributed by atoms with E-state index >= 15 is 0 Å². The smallest absolute Gasteiger partial charge is 0.252 e. The quantitative estimate of drug-likeness (QED) is 0.121. The zero-order valence-electron chi connectivity index (χ0n) is 57.0. The second kappa shape index (κ2) is 25.1. The van der Waals surface area contributed by atoms with E-state index < -0.39 is 0 Å². The molecule has 11 aromatic carbocycles. The Morgan fingerprint density at radius 2 is 1.07 bits per heavy atom. The molecule has 102 heavy (non-hydrogen) atoms. The van der Waals surface area contributed by atoms with Crippen molar-refractivity contribution in [2.24, 2.45) is 0 Å². The number of para-hydroxylation sites is 3. The maximum atomic E-state index is 7.72. The van der Waals surface area contributed by atoms with Crippen LogP contribution in [0.5, 0.6) is 11.5 Å². The van der Waals surface area contributed by atoms with E-state index in [4.69, 9.17) is 9.15 Å². The maximum absolute atomic E-state index is 7.72. The van der Waals surface area contributed by atoms with Gasteiger partial charge in [-0.25, -0.2) is 0 Å². The number of benzene rings is 11. The lowest BCUT2D eigenvalue weighted by molar-refractivity contribution is 0.461. The molecule has 4 heterocycles. The summed E-state index contributed by atoms with van der Waals surface area (Å²) in [5, 5.41) is 2.19. The summed E-state index contributed by atoms with van der Waals surface area (Å²) in [6.45, 7) is -0.290. The van der Waals surface area contributed by atoms with E-state index in [1.807, 2.05) is 0 Å². The zero-order chi connectivity index (χ0) is 67.2. The van der Waals surface area contributed by atoms with Crippen LogP contribution >= 0.6 is 0 Å². The first-order valence-corrected chi connectivity index (χ1v) is 36.7. The number of anilines is 5. The fourth-order valence-electron chi connectivity index (χ4n) is 17.8. The SMILES string of the molecule is C1=CCCC(C2=CCCC(c3cccc(-c4cccc(C5=CC=CCC5)c4)c3N3c4cc(-c5ccccc5)cc5c4B(c4ccc6c(c43)Oc3ccccc3C6)c3ccc4c(oc6ccccc64)c3N5C3=C(C4=CC=CC(c5ccccc5)C4)CCC=C3c3cccc(-c4ccccc4)c3)=C2)=C1. The molecule has 1 aromatic heterocycles. The van der Waals surface area contributed by atoms with E-state index in [0.29, 0.717) is 0 Å². The van der Waals surface area contributed by atoms with Gasteiger partial charge in [-0.05, 0) is 194 Å². The van der Waals surface area contributed by atoms with Gasteiger partial charge >= 0.3 is 0 Å². The zero-order valence-corrected chi connectivity index (χ0v) is 57.0. The molecule has 4 nitrogen and oxygen atoms in total. The van der Waals surface area contributed by atoms with Crippen molar-refractivity contribution >= 4 is 90.2 Å². The van der Waals surface area contributed by atoms with Crippen LogP contribution in [0.25, 0.3) is 72.0 Å². The minimum Gasteiger partial charge on any atom is -0.455 e. The molecular formula is C97H73BN2O2. The number of hydrogen-bond donors (Lipinski definition) is 0. The molecule has 0 bridgehead atoms. The molecule has 3 aliphatic heterocycles. The molecule has 20 rings (SSSR count).